The molecule has 2 N–H and O–H groups in total. The zero-order valence-corrected chi connectivity index (χ0v) is 22.8. The molecule has 0 saturated carbocycles. The van der Waals surface area contributed by atoms with E-state index in [1.807, 2.05) is 42.5 Å². The topological polar surface area (TPSA) is 96.7 Å². The molecule has 0 radical (unpaired) electrons. The van der Waals surface area contributed by atoms with Gasteiger partial charge in [0.2, 0.25) is 13.2 Å². The highest BCUT2D eigenvalue weighted by Crippen LogP contribution is 2.53. The van der Waals surface area contributed by atoms with Crippen LogP contribution < -0.4 is 0 Å². The molecule has 1 aromatic heterocycles. The average molecular weight is 546 g/mol. The minimum Gasteiger partial charge on any atom is -0.480 e. The number of carbonyl (C=O) groups is 1. The predicted octanol–water partition coefficient (Wildman–Crippen LogP) is 6.08. The van der Waals surface area contributed by atoms with Crippen molar-refractivity contribution in [1.82, 2.24) is 4.98 Å². The second-order valence-corrected chi connectivity index (χ2v) is 11.3. The third-order valence-corrected chi connectivity index (χ3v) is 8.33. The molecule has 8 heteroatoms. The molecular weight excluding hydrogens is 516 g/mol. The van der Waals surface area contributed by atoms with Crippen LogP contribution in [0.25, 0.3) is 22.0 Å². The van der Waals surface area contributed by atoms with E-state index < -0.39 is 30.6 Å². The normalized spacial score (nSPS) is 15.1. The van der Waals surface area contributed by atoms with Gasteiger partial charge in [-0.15, -0.1) is 0 Å². The zero-order chi connectivity index (χ0) is 28.2. The number of nitrogens with zero attached hydrogens (tertiary/aromatic N) is 1. The Morgan fingerprint density at radius 2 is 1.69 bits per heavy atom. The minimum absolute atomic E-state index is 0.0480. The molecule has 0 bridgehead atoms. The van der Waals surface area contributed by atoms with Crippen LogP contribution in [0.3, 0.4) is 0 Å². The average Bonchev–Trinajstić information content (AvgIpc) is 2.93. The first-order valence-corrected chi connectivity index (χ1v) is 13.7. The van der Waals surface area contributed by atoms with E-state index in [0.717, 1.165) is 23.4 Å². The summed E-state index contributed by atoms with van der Waals surface area (Å²) >= 11 is 0. The smallest absolute Gasteiger partial charge is 0.335 e. The summed E-state index contributed by atoms with van der Waals surface area (Å²) in [6, 6.07) is 23.6. The van der Waals surface area contributed by atoms with E-state index in [-0.39, 0.29) is 18.0 Å². The maximum absolute atomic E-state index is 13.7. The number of rotatable bonds is 8. The molecular formula is C31H29FNO5P. The molecule has 4 rings (SSSR count). The maximum Gasteiger partial charge on any atom is 0.335 e. The number of halogens is 1. The van der Waals surface area contributed by atoms with Crippen molar-refractivity contribution in [1.29, 1.82) is 0 Å². The van der Waals surface area contributed by atoms with Gasteiger partial charge < -0.3 is 14.7 Å². The minimum atomic E-state index is -3.55. The monoisotopic (exact) mass is 545 g/mol. The van der Waals surface area contributed by atoms with Gasteiger partial charge in [-0.05, 0) is 40.6 Å². The van der Waals surface area contributed by atoms with E-state index in [4.69, 9.17) is 9.51 Å². The number of fused-ring (bicyclic) bond motifs is 1. The number of benzene rings is 3. The fourth-order valence-electron chi connectivity index (χ4n) is 4.62. The molecule has 0 fully saturated rings. The van der Waals surface area contributed by atoms with E-state index in [1.54, 1.807) is 26.0 Å². The van der Waals surface area contributed by atoms with E-state index >= 15 is 0 Å². The predicted molar refractivity (Wildman–Crippen MR) is 150 cm³/mol. The van der Waals surface area contributed by atoms with Crippen molar-refractivity contribution in [3.05, 3.63) is 102 Å². The van der Waals surface area contributed by atoms with E-state index in [0.29, 0.717) is 11.3 Å². The Balaban J connectivity index is 2.02. The molecule has 4 aromatic rings. The summed E-state index contributed by atoms with van der Waals surface area (Å²) in [7, 11) is -2.43. The highest BCUT2D eigenvalue weighted by molar-refractivity contribution is 7.43. The van der Waals surface area contributed by atoms with Gasteiger partial charge in [-0.25, -0.2) is 14.2 Å². The number of aliphatic carboxylic acids is 1. The Morgan fingerprint density at radius 3 is 2.36 bits per heavy atom. The summed E-state index contributed by atoms with van der Waals surface area (Å²) in [5, 5.41) is 22.4. The van der Waals surface area contributed by atoms with Gasteiger partial charge in [-0.3, -0.25) is 4.57 Å². The number of carboxylic acids is 1. The lowest BCUT2D eigenvalue weighted by molar-refractivity contribution is -0.146. The summed E-state index contributed by atoms with van der Waals surface area (Å²) in [5.74, 6) is 3.04. The third-order valence-electron chi connectivity index (χ3n) is 6.59. The zero-order valence-electron chi connectivity index (χ0n) is 21.8. The van der Waals surface area contributed by atoms with Crippen LogP contribution in [-0.2, 0) is 25.9 Å². The molecule has 1 heterocycles. The number of aromatic nitrogens is 1. The van der Waals surface area contributed by atoms with Gasteiger partial charge in [-0.2, -0.15) is 0 Å². The molecule has 0 amide bonds. The number of hydrogen-bond donors (Lipinski definition) is 2. The van der Waals surface area contributed by atoms with E-state index in [9.17, 15) is 24.0 Å². The van der Waals surface area contributed by atoms with Crippen molar-refractivity contribution in [3.63, 3.8) is 0 Å². The first kappa shape index (κ1) is 28.2. The largest absolute Gasteiger partial charge is 0.480 e. The van der Waals surface area contributed by atoms with Crippen molar-refractivity contribution in [2.45, 2.75) is 31.0 Å². The van der Waals surface area contributed by atoms with Crippen LogP contribution in [0.1, 0.15) is 25.1 Å². The number of aliphatic hydroxyl groups is 1. The van der Waals surface area contributed by atoms with E-state index in [2.05, 4.69) is 11.8 Å². The fraction of sp³-hybridized carbons (Fsp3) is 0.226. The van der Waals surface area contributed by atoms with Gasteiger partial charge >= 0.3 is 5.97 Å². The molecule has 0 spiro atoms. The molecule has 3 unspecified atom stereocenters. The maximum atomic E-state index is 13.7. The Bertz CT molecular complexity index is 1590. The van der Waals surface area contributed by atoms with Gasteiger partial charge in [0.05, 0.1) is 11.4 Å². The Kier molecular flexibility index (Phi) is 8.32. The SMILES string of the molecule is CO[PH](=O)C(C#CC(C)C)(C(=O)O)C(O)(Cc1ccc(F)cc1)c1cccc(-c2cccc3ccccc23)n1. The lowest BCUT2D eigenvalue weighted by atomic mass is 9.78. The summed E-state index contributed by atoms with van der Waals surface area (Å²) in [4.78, 5) is 17.8. The van der Waals surface area contributed by atoms with Gasteiger partial charge in [0.1, 0.15) is 11.4 Å². The number of hydrogen-bond acceptors (Lipinski definition) is 5. The molecule has 0 saturated heterocycles. The Labute approximate surface area is 227 Å². The van der Waals surface area contributed by atoms with E-state index in [1.165, 1.54) is 30.3 Å². The van der Waals surface area contributed by atoms with Gasteiger partial charge in [0.15, 0.2) is 0 Å². The van der Waals surface area contributed by atoms with Crippen molar-refractivity contribution in [3.8, 4) is 23.1 Å². The second-order valence-electron chi connectivity index (χ2n) is 9.57. The van der Waals surface area contributed by atoms with Crippen molar-refractivity contribution in [2.75, 3.05) is 7.11 Å². The molecule has 0 aliphatic heterocycles. The number of pyridine rings is 1. The summed E-state index contributed by atoms with van der Waals surface area (Å²) < 4.78 is 32.3. The van der Waals surface area contributed by atoms with Crippen molar-refractivity contribution < 1.29 is 28.5 Å². The van der Waals surface area contributed by atoms with Crippen molar-refractivity contribution in [2.24, 2.45) is 5.92 Å². The molecule has 0 aliphatic rings. The van der Waals surface area contributed by atoms with Crippen LogP contribution in [0.4, 0.5) is 4.39 Å². The Hall–Kier alpha value is -3.82. The summed E-state index contributed by atoms with van der Waals surface area (Å²) in [5.41, 5.74) is -0.819. The second kappa shape index (κ2) is 11.5. The van der Waals surface area contributed by atoms with Crippen LogP contribution in [-0.4, -0.2) is 33.4 Å². The number of carboxylic acid groups (broad SMARTS) is 1. The van der Waals surface area contributed by atoms with Crippen LogP contribution in [0.15, 0.2) is 84.9 Å². The summed E-state index contributed by atoms with van der Waals surface area (Å²) in [6.45, 7) is 3.50. The third kappa shape index (κ3) is 5.37. The standard InChI is InChI=1S/C31H29FNO5P/c1-21(2)18-19-31(29(34)35,39(37)38-3)30(36,20-22-14-16-24(32)17-15-22)28-13-7-12-27(33-28)26-11-6-9-23-8-4-5-10-25(23)26/h4-17,21,36,39H,20H2,1-3H3,(H,34,35). The molecule has 200 valence electrons. The Morgan fingerprint density at radius 1 is 1.03 bits per heavy atom. The first-order chi connectivity index (χ1) is 18.6. The molecule has 3 atom stereocenters. The molecule has 3 aromatic carbocycles. The highest BCUT2D eigenvalue weighted by atomic mass is 31.1. The van der Waals surface area contributed by atoms with Crippen LogP contribution in [0.2, 0.25) is 0 Å². The lowest BCUT2D eigenvalue weighted by Crippen LogP contribution is -2.56. The molecule has 0 aliphatic carbocycles. The molecule has 39 heavy (non-hydrogen) atoms. The fourth-order valence-corrected chi connectivity index (χ4v) is 5.83. The first-order valence-electron chi connectivity index (χ1n) is 12.4. The summed E-state index contributed by atoms with van der Waals surface area (Å²) in [6.07, 6.45) is -0.363. The van der Waals surface area contributed by atoms with Crippen LogP contribution >= 0.6 is 8.03 Å². The van der Waals surface area contributed by atoms with Gasteiger partial charge in [0, 0.05) is 25.0 Å². The van der Waals surface area contributed by atoms with Crippen molar-refractivity contribution >= 4 is 24.8 Å². The van der Waals surface area contributed by atoms with Gasteiger partial charge in [-0.1, -0.05) is 86.4 Å². The highest BCUT2D eigenvalue weighted by Gasteiger charge is 2.62. The van der Waals surface area contributed by atoms with Crippen LogP contribution in [0.5, 0.6) is 0 Å². The lowest BCUT2D eigenvalue weighted by Gasteiger charge is -2.39. The molecule has 6 nitrogen and oxygen atoms in total. The van der Waals surface area contributed by atoms with Crippen LogP contribution in [0, 0.1) is 23.6 Å². The van der Waals surface area contributed by atoms with Gasteiger partial charge in [0.25, 0.3) is 0 Å². The quantitative estimate of drug-likeness (QED) is 0.206.